The molecule has 0 amide bonds. The second kappa shape index (κ2) is 5.04. The third-order valence-corrected chi connectivity index (χ3v) is 2.31. The zero-order chi connectivity index (χ0) is 10.7. The number of ether oxygens (including phenoxy) is 1. The van der Waals surface area contributed by atoms with Crippen LogP contribution in [0.5, 0.6) is 0 Å². The van der Waals surface area contributed by atoms with Gasteiger partial charge in [0.25, 0.3) is 0 Å². The van der Waals surface area contributed by atoms with E-state index in [2.05, 4.69) is 5.32 Å². The van der Waals surface area contributed by atoms with Crippen molar-refractivity contribution in [3.63, 3.8) is 0 Å². The molecule has 0 radical (unpaired) electrons. The first-order valence-electron chi connectivity index (χ1n) is 4.92. The van der Waals surface area contributed by atoms with Crippen molar-refractivity contribution in [3.05, 3.63) is 0 Å². The van der Waals surface area contributed by atoms with Gasteiger partial charge in [-0.1, -0.05) is 13.8 Å². The summed E-state index contributed by atoms with van der Waals surface area (Å²) in [7, 11) is 0. The lowest BCUT2D eigenvalue weighted by molar-refractivity contribution is -0.112. The summed E-state index contributed by atoms with van der Waals surface area (Å²) < 4.78 is 4.96. The van der Waals surface area contributed by atoms with E-state index in [0.717, 1.165) is 0 Å². The van der Waals surface area contributed by atoms with Crippen LogP contribution in [0.25, 0.3) is 0 Å². The lowest BCUT2D eigenvalue weighted by atomic mass is 10.1. The minimum absolute atomic E-state index is 0.280. The molecule has 1 rings (SSSR count). The van der Waals surface area contributed by atoms with Crippen molar-refractivity contribution < 1.29 is 20.1 Å². The Balaban J connectivity index is 2.43. The van der Waals surface area contributed by atoms with Gasteiger partial charge in [-0.2, -0.15) is 0 Å². The van der Waals surface area contributed by atoms with E-state index in [1.165, 1.54) is 0 Å². The van der Waals surface area contributed by atoms with E-state index in [1.807, 2.05) is 13.8 Å². The normalized spacial score (nSPS) is 38.1. The van der Waals surface area contributed by atoms with Crippen LogP contribution in [0.3, 0.4) is 0 Å². The van der Waals surface area contributed by atoms with Crippen molar-refractivity contribution in [1.29, 1.82) is 0 Å². The molecule has 0 bridgehead atoms. The van der Waals surface area contributed by atoms with E-state index in [1.54, 1.807) is 0 Å². The molecule has 1 aliphatic rings. The lowest BCUT2D eigenvalue weighted by Gasteiger charge is -2.19. The summed E-state index contributed by atoms with van der Waals surface area (Å²) in [5, 5.41) is 30.9. The fourth-order valence-electron chi connectivity index (χ4n) is 1.49. The Morgan fingerprint density at radius 1 is 1.36 bits per heavy atom. The van der Waals surface area contributed by atoms with Gasteiger partial charge in [0, 0.05) is 0 Å². The zero-order valence-corrected chi connectivity index (χ0v) is 8.55. The summed E-state index contributed by atoms with van der Waals surface area (Å²) in [6.45, 7) is 4.48. The smallest absolute Gasteiger partial charge is 0.173 e. The van der Waals surface area contributed by atoms with Gasteiger partial charge in [-0.25, -0.2) is 0 Å². The standard InChI is InChI=1S/C9H19NO4/c1-5(2)3-10-7-8(12)6(4-11)14-9(7)13/h5-13H,3-4H2,1-2H3/t6-,7-,8+,9+/m1/s1. The highest BCUT2D eigenvalue weighted by atomic mass is 16.6. The molecule has 5 nitrogen and oxygen atoms in total. The molecule has 0 aromatic rings. The Morgan fingerprint density at radius 2 is 2.00 bits per heavy atom. The molecule has 0 aliphatic carbocycles. The average Bonchev–Trinajstić information content (AvgIpc) is 2.39. The number of nitrogens with one attached hydrogen (secondary N) is 1. The predicted octanol–water partition coefficient (Wildman–Crippen LogP) is -1.33. The summed E-state index contributed by atoms with van der Waals surface area (Å²) >= 11 is 0. The molecule has 1 fully saturated rings. The largest absolute Gasteiger partial charge is 0.394 e. The summed E-state index contributed by atoms with van der Waals surface area (Å²) in [4.78, 5) is 0. The van der Waals surface area contributed by atoms with Gasteiger partial charge in [0.1, 0.15) is 12.2 Å². The van der Waals surface area contributed by atoms with Gasteiger partial charge < -0.3 is 25.4 Å². The van der Waals surface area contributed by atoms with Gasteiger partial charge in [0.15, 0.2) is 6.29 Å². The maximum absolute atomic E-state index is 9.62. The van der Waals surface area contributed by atoms with E-state index >= 15 is 0 Å². The maximum atomic E-state index is 9.62. The molecular formula is C9H19NO4. The van der Waals surface area contributed by atoms with Crippen LogP contribution in [-0.4, -0.2) is 53.0 Å². The van der Waals surface area contributed by atoms with Crippen molar-refractivity contribution in [2.24, 2.45) is 5.92 Å². The SMILES string of the molecule is CC(C)CN[C@@H]1[C@@H](O)[C@@H](CO)O[C@@H]1O. The van der Waals surface area contributed by atoms with E-state index < -0.39 is 24.5 Å². The first-order chi connectivity index (χ1) is 6.56. The molecule has 84 valence electrons. The van der Waals surface area contributed by atoms with E-state index in [0.29, 0.717) is 12.5 Å². The third-order valence-electron chi connectivity index (χ3n) is 2.31. The Hall–Kier alpha value is -0.200. The van der Waals surface area contributed by atoms with Gasteiger partial charge >= 0.3 is 0 Å². The topological polar surface area (TPSA) is 82.0 Å². The average molecular weight is 205 g/mol. The van der Waals surface area contributed by atoms with Crippen LogP contribution >= 0.6 is 0 Å². The second-order valence-electron chi connectivity index (χ2n) is 4.07. The number of aliphatic hydroxyl groups excluding tert-OH is 3. The van der Waals surface area contributed by atoms with Crippen LogP contribution < -0.4 is 5.32 Å². The molecule has 0 spiro atoms. The van der Waals surface area contributed by atoms with Crippen LogP contribution in [0, 0.1) is 5.92 Å². The van der Waals surface area contributed by atoms with E-state index in [4.69, 9.17) is 9.84 Å². The van der Waals surface area contributed by atoms with Gasteiger partial charge in [-0.3, -0.25) is 0 Å². The highest BCUT2D eigenvalue weighted by molar-refractivity contribution is 4.90. The second-order valence-corrected chi connectivity index (χ2v) is 4.07. The lowest BCUT2D eigenvalue weighted by Crippen LogP contribution is -2.46. The molecule has 0 unspecified atom stereocenters. The van der Waals surface area contributed by atoms with Crippen molar-refractivity contribution in [2.75, 3.05) is 13.2 Å². The number of hydrogen-bond acceptors (Lipinski definition) is 5. The molecule has 4 N–H and O–H groups in total. The van der Waals surface area contributed by atoms with Crippen molar-refractivity contribution in [3.8, 4) is 0 Å². The monoisotopic (exact) mass is 205 g/mol. The Morgan fingerprint density at radius 3 is 2.43 bits per heavy atom. The number of hydrogen-bond donors (Lipinski definition) is 4. The molecule has 5 heteroatoms. The van der Waals surface area contributed by atoms with Gasteiger partial charge in [0.2, 0.25) is 0 Å². The highest BCUT2D eigenvalue weighted by Crippen LogP contribution is 2.19. The van der Waals surface area contributed by atoms with E-state index in [-0.39, 0.29) is 6.61 Å². The van der Waals surface area contributed by atoms with Crippen molar-refractivity contribution in [2.45, 2.75) is 38.4 Å². The molecular weight excluding hydrogens is 186 g/mol. The molecule has 1 saturated heterocycles. The predicted molar refractivity (Wildman–Crippen MR) is 50.6 cm³/mol. The molecule has 14 heavy (non-hydrogen) atoms. The fraction of sp³-hybridized carbons (Fsp3) is 1.00. The minimum atomic E-state index is -1.04. The van der Waals surface area contributed by atoms with Gasteiger partial charge in [-0.15, -0.1) is 0 Å². The van der Waals surface area contributed by atoms with E-state index in [9.17, 15) is 10.2 Å². The van der Waals surface area contributed by atoms with Crippen molar-refractivity contribution in [1.82, 2.24) is 5.32 Å². The molecule has 0 aromatic heterocycles. The summed E-state index contributed by atoms with van der Waals surface area (Å²) in [5.74, 6) is 0.433. The maximum Gasteiger partial charge on any atom is 0.173 e. The number of aliphatic hydroxyl groups is 3. The highest BCUT2D eigenvalue weighted by Gasteiger charge is 2.42. The van der Waals surface area contributed by atoms with Crippen LogP contribution in [-0.2, 0) is 4.74 Å². The summed E-state index contributed by atoms with van der Waals surface area (Å²) in [5.41, 5.74) is 0. The zero-order valence-electron chi connectivity index (χ0n) is 8.55. The van der Waals surface area contributed by atoms with Crippen LogP contribution in [0.4, 0.5) is 0 Å². The fourth-order valence-corrected chi connectivity index (χ4v) is 1.49. The summed E-state index contributed by atoms with van der Waals surface area (Å²) in [6, 6.07) is -0.505. The first-order valence-corrected chi connectivity index (χ1v) is 4.92. The van der Waals surface area contributed by atoms with Crippen LogP contribution in [0.15, 0.2) is 0 Å². The molecule has 1 heterocycles. The van der Waals surface area contributed by atoms with Gasteiger partial charge in [-0.05, 0) is 12.5 Å². The van der Waals surface area contributed by atoms with Crippen LogP contribution in [0.2, 0.25) is 0 Å². The van der Waals surface area contributed by atoms with Crippen molar-refractivity contribution >= 4 is 0 Å². The molecule has 4 atom stereocenters. The number of rotatable bonds is 4. The minimum Gasteiger partial charge on any atom is -0.394 e. The van der Waals surface area contributed by atoms with Crippen LogP contribution in [0.1, 0.15) is 13.8 Å². The molecule has 1 aliphatic heterocycles. The first kappa shape index (κ1) is 11.9. The third kappa shape index (κ3) is 2.65. The molecule has 0 aromatic carbocycles. The Bertz CT molecular complexity index is 176. The van der Waals surface area contributed by atoms with Gasteiger partial charge in [0.05, 0.1) is 12.6 Å². The summed E-state index contributed by atoms with van der Waals surface area (Å²) in [6.07, 6.45) is -2.58. The Kier molecular flexibility index (Phi) is 4.28. The molecule has 0 saturated carbocycles. The quantitative estimate of drug-likeness (QED) is 0.457. The Labute approximate surface area is 83.7 Å².